The average Bonchev–Trinajstić information content (AvgIpc) is 3.08. The van der Waals surface area contributed by atoms with Gasteiger partial charge in [-0.3, -0.25) is 0 Å². The minimum atomic E-state index is 0.670. The molecule has 0 amide bonds. The normalized spacial score (nSPS) is 11.9. The Labute approximate surface area is 142 Å². The van der Waals surface area contributed by atoms with Crippen molar-refractivity contribution in [3.8, 4) is 16.3 Å². The second-order valence-electron chi connectivity index (χ2n) is 4.61. The highest BCUT2D eigenvalue weighted by atomic mass is 35.5. The number of hydrogen-bond donors (Lipinski definition) is 0. The van der Waals surface area contributed by atoms with Crippen molar-refractivity contribution >= 4 is 40.0 Å². The van der Waals surface area contributed by atoms with Gasteiger partial charge in [0.05, 0.1) is 27.2 Å². The highest BCUT2D eigenvalue weighted by Gasteiger charge is 2.07. The third-order valence-corrected chi connectivity index (χ3v) is 5.29. The van der Waals surface area contributed by atoms with Gasteiger partial charge in [0.25, 0.3) is 0 Å². The van der Waals surface area contributed by atoms with E-state index in [1.165, 1.54) is 0 Å². The summed E-state index contributed by atoms with van der Waals surface area (Å²) in [5.41, 5.74) is 2.04. The zero-order chi connectivity index (χ0) is 15.5. The van der Waals surface area contributed by atoms with Crippen LogP contribution in [0.1, 0.15) is 6.92 Å². The molecule has 0 aliphatic heterocycles. The Morgan fingerprint density at radius 3 is 2.59 bits per heavy atom. The van der Waals surface area contributed by atoms with Crippen molar-refractivity contribution in [1.29, 1.82) is 0 Å². The second kappa shape index (κ2) is 6.69. The van der Waals surface area contributed by atoms with Gasteiger partial charge in [0.1, 0.15) is 5.75 Å². The predicted molar refractivity (Wildman–Crippen MR) is 94.4 cm³/mol. The van der Waals surface area contributed by atoms with E-state index in [1.54, 1.807) is 22.7 Å². The van der Waals surface area contributed by atoms with Crippen molar-refractivity contribution < 1.29 is 4.74 Å². The number of ether oxygens (including phenoxy) is 1. The summed E-state index contributed by atoms with van der Waals surface area (Å²) in [5.74, 6) is 0.867. The first-order chi connectivity index (χ1) is 10.7. The molecule has 22 heavy (non-hydrogen) atoms. The van der Waals surface area contributed by atoms with Crippen molar-refractivity contribution in [3.63, 3.8) is 0 Å². The van der Waals surface area contributed by atoms with Crippen LogP contribution in [0.15, 0.2) is 46.8 Å². The SMILES string of the molecule is CCOc1ccc(N=c2scc(-c3ccc(Cl)s3)n2C)cc1. The second-order valence-corrected chi connectivity index (χ2v) is 7.16. The lowest BCUT2D eigenvalue weighted by molar-refractivity contribution is 0.340. The van der Waals surface area contributed by atoms with E-state index in [1.807, 2.05) is 50.4 Å². The number of benzene rings is 1. The highest BCUT2D eigenvalue weighted by molar-refractivity contribution is 7.19. The quantitative estimate of drug-likeness (QED) is 0.643. The van der Waals surface area contributed by atoms with Crippen LogP contribution in [-0.2, 0) is 7.05 Å². The number of rotatable bonds is 4. The standard InChI is InChI=1S/C16H15ClN2OS2/c1-3-20-12-6-4-11(5-7-12)18-16-19(2)13(10-21-16)14-8-9-15(17)22-14/h4-10H,3H2,1-2H3. The van der Waals surface area contributed by atoms with Crippen molar-refractivity contribution in [1.82, 2.24) is 4.57 Å². The van der Waals surface area contributed by atoms with Crippen LogP contribution in [0.3, 0.4) is 0 Å². The van der Waals surface area contributed by atoms with Crippen LogP contribution in [0.25, 0.3) is 10.6 Å². The maximum absolute atomic E-state index is 6.02. The summed E-state index contributed by atoms with van der Waals surface area (Å²) in [6, 6.07) is 11.8. The van der Waals surface area contributed by atoms with E-state index in [4.69, 9.17) is 21.3 Å². The molecule has 0 bridgehead atoms. The molecule has 114 valence electrons. The zero-order valence-corrected chi connectivity index (χ0v) is 14.6. The van der Waals surface area contributed by atoms with Gasteiger partial charge in [0, 0.05) is 12.4 Å². The van der Waals surface area contributed by atoms with Crippen LogP contribution >= 0.6 is 34.3 Å². The monoisotopic (exact) mass is 350 g/mol. The molecule has 0 unspecified atom stereocenters. The number of thiazole rings is 1. The first-order valence-corrected chi connectivity index (χ1v) is 8.92. The highest BCUT2D eigenvalue weighted by Crippen LogP contribution is 2.31. The molecule has 0 atom stereocenters. The number of hydrogen-bond acceptors (Lipinski definition) is 4. The fourth-order valence-corrected chi connectivity index (χ4v) is 4.13. The molecule has 0 saturated heterocycles. The summed E-state index contributed by atoms with van der Waals surface area (Å²) in [4.78, 5) is 6.79. The van der Waals surface area contributed by atoms with Crippen molar-refractivity contribution in [2.45, 2.75) is 6.92 Å². The fraction of sp³-hybridized carbons (Fsp3) is 0.188. The minimum absolute atomic E-state index is 0.670. The maximum Gasteiger partial charge on any atom is 0.190 e. The van der Waals surface area contributed by atoms with Gasteiger partial charge in [-0.05, 0) is 43.3 Å². The summed E-state index contributed by atoms with van der Waals surface area (Å²) in [6.45, 7) is 2.64. The topological polar surface area (TPSA) is 26.5 Å². The predicted octanol–water partition coefficient (Wildman–Crippen LogP) is 5.10. The van der Waals surface area contributed by atoms with Gasteiger partial charge >= 0.3 is 0 Å². The molecule has 0 fully saturated rings. The van der Waals surface area contributed by atoms with Crippen molar-refractivity contribution in [2.75, 3.05) is 6.61 Å². The molecule has 0 spiro atoms. The zero-order valence-electron chi connectivity index (χ0n) is 12.2. The van der Waals surface area contributed by atoms with Crippen LogP contribution < -0.4 is 9.54 Å². The molecular weight excluding hydrogens is 336 g/mol. The lowest BCUT2D eigenvalue weighted by Gasteiger charge is -2.02. The van der Waals surface area contributed by atoms with Gasteiger partial charge in [-0.1, -0.05) is 11.6 Å². The maximum atomic E-state index is 6.02. The number of aromatic nitrogens is 1. The summed E-state index contributed by atoms with van der Waals surface area (Å²) in [6.07, 6.45) is 0. The molecule has 0 radical (unpaired) electrons. The molecule has 6 heteroatoms. The van der Waals surface area contributed by atoms with E-state index >= 15 is 0 Å². The van der Waals surface area contributed by atoms with Gasteiger partial charge in [-0.2, -0.15) is 0 Å². The van der Waals surface area contributed by atoms with Gasteiger partial charge in [-0.15, -0.1) is 22.7 Å². The smallest absolute Gasteiger partial charge is 0.190 e. The van der Waals surface area contributed by atoms with Gasteiger partial charge in [-0.25, -0.2) is 4.99 Å². The Morgan fingerprint density at radius 1 is 1.18 bits per heavy atom. The molecule has 0 N–H and O–H groups in total. The molecule has 1 aromatic carbocycles. The average molecular weight is 351 g/mol. The molecule has 2 heterocycles. The van der Waals surface area contributed by atoms with Crippen LogP contribution in [0.5, 0.6) is 5.75 Å². The van der Waals surface area contributed by atoms with E-state index in [0.717, 1.165) is 31.1 Å². The Bertz CT molecular complexity index is 830. The number of halogens is 1. The van der Waals surface area contributed by atoms with E-state index in [2.05, 4.69) is 9.95 Å². The summed E-state index contributed by atoms with van der Waals surface area (Å²) in [5, 5.41) is 2.11. The van der Waals surface area contributed by atoms with E-state index in [0.29, 0.717) is 6.61 Å². The molecule has 0 aliphatic carbocycles. The minimum Gasteiger partial charge on any atom is -0.494 e. The Hall–Kier alpha value is -1.56. The molecular formula is C16H15ClN2OS2. The van der Waals surface area contributed by atoms with Crippen LogP contribution in [0, 0.1) is 0 Å². The lowest BCUT2D eigenvalue weighted by Crippen LogP contribution is -2.10. The third-order valence-electron chi connectivity index (χ3n) is 3.12. The van der Waals surface area contributed by atoms with E-state index < -0.39 is 0 Å². The van der Waals surface area contributed by atoms with Gasteiger partial charge < -0.3 is 9.30 Å². The molecule has 0 aliphatic rings. The Balaban J connectivity index is 1.93. The molecule has 3 nitrogen and oxygen atoms in total. The van der Waals surface area contributed by atoms with Crippen LogP contribution in [0.2, 0.25) is 4.34 Å². The molecule has 2 aromatic heterocycles. The summed E-state index contributed by atoms with van der Waals surface area (Å²) >= 11 is 9.21. The fourth-order valence-electron chi connectivity index (χ4n) is 2.04. The molecule has 3 aromatic rings. The van der Waals surface area contributed by atoms with Crippen molar-refractivity contribution in [3.05, 3.63) is 50.9 Å². The van der Waals surface area contributed by atoms with Gasteiger partial charge in [0.15, 0.2) is 4.80 Å². The molecule has 3 rings (SSSR count). The van der Waals surface area contributed by atoms with Crippen molar-refractivity contribution in [2.24, 2.45) is 12.0 Å². The Kier molecular flexibility index (Phi) is 4.66. The largest absolute Gasteiger partial charge is 0.494 e. The van der Waals surface area contributed by atoms with E-state index in [9.17, 15) is 0 Å². The first kappa shape index (κ1) is 15.3. The Morgan fingerprint density at radius 2 is 1.95 bits per heavy atom. The number of nitrogens with zero attached hydrogens (tertiary/aromatic N) is 2. The molecule has 0 saturated carbocycles. The lowest BCUT2D eigenvalue weighted by atomic mass is 10.3. The summed E-state index contributed by atoms with van der Waals surface area (Å²) < 4.78 is 8.33. The van der Waals surface area contributed by atoms with Gasteiger partial charge in [0.2, 0.25) is 0 Å². The first-order valence-electron chi connectivity index (χ1n) is 6.85. The van der Waals surface area contributed by atoms with E-state index in [-0.39, 0.29) is 0 Å². The third kappa shape index (κ3) is 3.27. The number of thiophene rings is 1. The van der Waals surface area contributed by atoms with Crippen LogP contribution in [-0.4, -0.2) is 11.2 Å². The summed E-state index contributed by atoms with van der Waals surface area (Å²) in [7, 11) is 2.02. The van der Waals surface area contributed by atoms with Crippen LogP contribution in [0.4, 0.5) is 5.69 Å².